The lowest BCUT2D eigenvalue weighted by molar-refractivity contribution is -0.134. The van der Waals surface area contributed by atoms with Gasteiger partial charge in [0, 0.05) is 32.6 Å². The first-order valence-corrected chi connectivity index (χ1v) is 8.60. The van der Waals surface area contributed by atoms with Crippen LogP contribution in [-0.2, 0) is 11.2 Å². The number of nitrogens with one attached hydrogen (secondary N) is 1. The Labute approximate surface area is 145 Å². The number of rotatable bonds is 4. The van der Waals surface area contributed by atoms with Crippen LogP contribution < -0.4 is 5.32 Å². The number of hydrogen-bond acceptors (Lipinski definition) is 5. The van der Waals surface area contributed by atoms with Crippen LogP contribution in [0.2, 0.25) is 0 Å². The summed E-state index contributed by atoms with van der Waals surface area (Å²) >= 11 is 0. The smallest absolute Gasteiger partial charge is 0.247 e. The second-order valence-electron chi connectivity index (χ2n) is 6.94. The Morgan fingerprint density at radius 2 is 1.96 bits per heavy atom. The first kappa shape index (κ1) is 16.1. The molecule has 25 heavy (non-hydrogen) atoms. The molecule has 4 rings (SSSR count). The molecule has 0 bridgehead atoms. The average molecular weight is 344 g/mol. The monoisotopic (exact) mass is 344 g/mol. The molecule has 1 aromatic heterocycles. The molecular weight excluding hydrogens is 323 g/mol. The molecular formula is C17H21FN6O. The van der Waals surface area contributed by atoms with Gasteiger partial charge in [-0.05, 0) is 46.9 Å². The first-order chi connectivity index (χ1) is 12.1. The minimum Gasteiger partial charge on any atom is -0.340 e. The summed E-state index contributed by atoms with van der Waals surface area (Å²) in [7, 11) is 0. The first-order valence-electron chi connectivity index (χ1n) is 8.60. The maximum Gasteiger partial charge on any atom is 0.247 e. The molecule has 1 amide bonds. The standard InChI is InChI=1S/C17H21FN6O/c1-11-20-21-22-24(11)16(6-12-2-4-15(18)5-3-12)17(25)23-9-13-7-19-8-14(13)10-23/h2-5,13-14,16,19H,6-10H2,1H3/t13-,14+,16?. The van der Waals surface area contributed by atoms with Crippen LogP contribution in [0.15, 0.2) is 24.3 Å². The van der Waals surface area contributed by atoms with E-state index in [9.17, 15) is 9.18 Å². The highest BCUT2D eigenvalue weighted by molar-refractivity contribution is 5.81. The van der Waals surface area contributed by atoms with Crippen LogP contribution in [-0.4, -0.2) is 57.2 Å². The summed E-state index contributed by atoms with van der Waals surface area (Å²) < 4.78 is 14.8. The number of tetrazole rings is 1. The van der Waals surface area contributed by atoms with Crippen LogP contribution in [0.5, 0.6) is 0 Å². The van der Waals surface area contributed by atoms with Gasteiger partial charge in [0.05, 0.1) is 0 Å². The van der Waals surface area contributed by atoms with E-state index >= 15 is 0 Å². The zero-order chi connectivity index (χ0) is 17.4. The molecule has 132 valence electrons. The number of carbonyl (C=O) groups excluding carboxylic acids is 1. The molecule has 7 nitrogen and oxygen atoms in total. The summed E-state index contributed by atoms with van der Waals surface area (Å²) in [5, 5.41) is 15.0. The molecule has 2 fully saturated rings. The van der Waals surface area contributed by atoms with Gasteiger partial charge in [0.15, 0.2) is 0 Å². The van der Waals surface area contributed by atoms with Crippen molar-refractivity contribution in [3.05, 3.63) is 41.5 Å². The van der Waals surface area contributed by atoms with E-state index in [-0.39, 0.29) is 11.7 Å². The Morgan fingerprint density at radius 3 is 2.56 bits per heavy atom. The number of aromatic nitrogens is 4. The fourth-order valence-electron chi connectivity index (χ4n) is 3.89. The lowest BCUT2D eigenvalue weighted by Gasteiger charge is -2.24. The number of amides is 1. The van der Waals surface area contributed by atoms with Crippen molar-refractivity contribution < 1.29 is 9.18 Å². The predicted molar refractivity (Wildman–Crippen MR) is 88.1 cm³/mol. The highest BCUT2D eigenvalue weighted by Gasteiger charge is 2.40. The highest BCUT2D eigenvalue weighted by atomic mass is 19.1. The summed E-state index contributed by atoms with van der Waals surface area (Å²) in [6.07, 6.45) is 0.440. The van der Waals surface area contributed by atoms with Gasteiger partial charge in [0.25, 0.3) is 0 Å². The Balaban J connectivity index is 1.58. The molecule has 2 saturated heterocycles. The van der Waals surface area contributed by atoms with Crippen LogP contribution in [0.4, 0.5) is 4.39 Å². The Morgan fingerprint density at radius 1 is 1.28 bits per heavy atom. The molecule has 2 aliphatic heterocycles. The number of aryl methyl sites for hydroxylation is 1. The lowest BCUT2D eigenvalue weighted by Crippen LogP contribution is -2.39. The predicted octanol–water partition coefficient (Wildman–Crippen LogP) is 0.582. The maximum absolute atomic E-state index is 13.2. The summed E-state index contributed by atoms with van der Waals surface area (Å²) in [6, 6.07) is 5.73. The number of nitrogens with zero attached hydrogens (tertiary/aromatic N) is 5. The van der Waals surface area contributed by atoms with E-state index < -0.39 is 6.04 Å². The number of likely N-dealkylation sites (tertiary alicyclic amines) is 1. The van der Waals surface area contributed by atoms with Gasteiger partial charge in [-0.1, -0.05) is 12.1 Å². The third-order valence-electron chi connectivity index (χ3n) is 5.28. The Bertz CT molecular complexity index is 749. The third kappa shape index (κ3) is 3.13. The van der Waals surface area contributed by atoms with Gasteiger partial charge in [-0.15, -0.1) is 5.10 Å². The maximum atomic E-state index is 13.2. The van der Waals surface area contributed by atoms with Gasteiger partial charge >= 0.3 is 0 Å². The molecule has 1 N–H and O–H groups in total. The molecule has 3 heterocycles. The summed E-state index contributed by atoms with van der Waals surface area (Å²) in [6.45, 7) is 5.28. The largest absolute Gasteiger partial charge is 0.340 e. The van der Waals surface area contributed by atoms with Gasteiger partial charge < -0.3 is 10.2 Å². The minimum absolute atomic E-state index is 0.0362. The minimum atomic E-state index is -0.507. The van der Waals surface area contributed by atoms with Gasteiger partial charge in [-0.3, -0.25) is 4.79 Å². The Kier molecular flexibility index (Phi) is 4.20. The van der Waals surface area contributed by atoms with Crippen molar-refractivity contribution in [2.45, 2.75) is 19.4 Å². The summed E-state index contributed by atoms with van der Waals surface area (Å²) in [5.41, 5.74) is 0.885. The molecule has 8 heteroatoms. The van der Waals surface area contributed by atoms with E-state index in [1.807, 2.05) is 4.90 Å². The van der Waals surface area contributed by atoms with Gasteiger partial charge in [-0.2, -0.15) is 0 Å². The van der Waals surface area contributed by atoms with Crippen LogP contribution >= 0.6 is 0 Å². The second kappa shape index (κ2) is 6.51. The number of fused-ring (bicyclic) bond motifs is 1. The normalized spacial score (nSPS) is 23.7. The zero-order valence-electron chi connectivity index (χ0n) is 14.1. The number of benzene rings is 1. The summed E-state index contributed by atoms with van der Waals surface area (Å²) in [4.78, 5) is 15.1. The van der Waals surface area contributed by atoms with Crippen molar-refractivity contribution in [3.8, 4) is 0 Å². The van der Waals surface area contributed by atoms with Crippen molar-refractivity contribution >= 4 is 5.91 Å². The average Bonchev–Trinajstić information content (AvgIpc) is 3.29. The van der Waals surface area contributed by atoms with Crippen molar-refractivity contribution in [3.63, 3.8) is 0 Å². The highest BCUT2D eigenvalue weighted by Crippen LogP contribution is 2.29. The van der Waals surface area contributed by atoms with Crippen LogP contribution in [0, 0.1) is 24.6 Å². The molecule has 1 aromatic carbocycles. The van der Waals surface area contributed by atoms with Crippen molar-refractivity contribution in [2.24, 2.45) is 11.8 Å². The number of halogens is 1. The van der Waals surface area contributed by atoms with E-state index in [1.54, 1.807) is 23.7 Å². The van der Waals surface area contributed by atoms with E-state index in [0.29, 0.717) is 24.1 Å². The topological polar surface area (TPSA) is 75.9 Å². The fourth-order valence-corrected chi connectivity index (χ4v) is 3.89. The molecule has 2 aliphatic rings. The van der Waals surface area contributed by atoms with E-state index in [2.05, 4.69) is 20.8 Å². The van der Waals surface area contributed by atoms with Crippen LogP contribution in [0.25, 0.3) is 0 Å². The number of carbonyl (C=O) groups is 1. The fraction of sp³-hybridized carbons (Fsp3) is 0.529. The van der Waals surface area contributed by atoms with Crippen molar-refractivity contribution in [2.75, 3.05) is 26.2 Å². The van der Waals surface area contributed by atoms with Crippen molar-refractivity contribution in [1.82, 2.24) is 30.4 Å². The van der Waals surface area contributed by atoms with Crippen molar-refractivity contribution in [1.29, 1.82) is 0 Å². The molecule has 2 aromatic rings. The SMILES string of the molecule is Cc1nnnn1C(Cc1ccc(F)cc1)C(=O)N1C[C@H]2CNC[C@H]2C1. The second-order valence-corrected chi connectivity index (χ2v) is 6.94. The van der Waals surface area contributed by atoms with Crippen LogP contribution in [0.3, 0.4) is 0 Å². The molecule has 0 aliphatic carbocycles. The molecule has 0 saturated carbocycles. The Hall–Kier alpha value is -2.35. The molecule has 0 spiro atoms. The zero-order valence-corrected chi connectivity index (χ0v) is 14.1. The number of hydrogen-bond donors (Lipinski definition) is 1. The van der Waals surface area contributed by atoms with Gasteiger partial charge in [-0.25, -0.2) is 9.07 Å². The van der Waals surface area contributed by atoms with Gasteiger partial charge in [0.2, 0.25) is 5.91 Å². The third-order valence-corrected chi connectivity index (χ3v) is 5.28. The van der Waals surface area contributed by atoms with Crippen LogP contribution in [0.1, 0.15) is 17.4 Å². The van der Waals surface area contributed by atoms with E-state index in [0.717, 1.165) is 31.7 Å². The quantitative estimate of drug-likeness (QED) is 0.878. The molecule has 1 unspecified atom stereocenters. The van der Waals surface area contributed by atoms with E-state index in [4.69, 9.17) is 0 Å². The summed E-state index contributed by atoms with van der Waals surface area (Å²) in [5.74, 6) is 1.41. The molecule has 3 atom stereocenters. The molecule has 0 radical (unpaired) electrons. The van der Waals surface area contributed by atoms with E-state index in [1.165, 1.54) is 12.1 Å². The lowest BCUT2D eigenvalue weighted by atomic mass is 10.0. The van der Waals surface area contributed by atoms with Gasteiger partial charge in [0.1, 0.15) is 17.7 Å².